The molecule has 2 aromatic carbocycles. The van der Waals surface area contributed by atoms with Gasteiger partial charge in [-0.3, -0.25) is 4.79 Å². The molecular weight excluding hydrogens is 368 g/mol. The molecule has 0 N–H and O–H groups in total. The smallest absolute Gasteiger partial charge is 0.311 e. The minimum absolute atomic E-state index is 0.110. The lowest BCUT2D eigenvalue weighted by atomic mass is 10.0. The van der Waals surface area contributed by atoms with E-state index in [1.54, 1.807) is 13.2 Å². The van der Waals surface area contributed by atoms with E-state index in [-0.39, 0.29) is 18.3 Å². The van der Waals surface area contributed by atoms with Crippen LogP contribution >= 0.6 is 0 Å². The third-order valence-electron chi connectivity index (χ3n) is 5.07. The number of benzene rings is 2. The molecule has 4 rings (SSSR count). The molecule has 6 heteroatoms. The highest BCUT2D eigenvalue weighted by Crippen LogP contribution is 2.28. The molecule has 2 aromatic heterocycles. The summed E-state index contributed by atoms with van der Waals surface area (Å²) < 4.78 is 16.9. The maximum atomic E-state index is 12.5. The Balaban J connectivity index is 1.45. The maximum absolute atomic E-state index is 12.5. The number of aromatic nitrogens is 2. The van der Waals surface area contributed by atoms with Gasteiger partial charge in [0.05, 0.1) is 12.7 Å². The van der Waals surface area contributed by atoms with Gasteiger partial charge in [-0.2, -0.15) is 0 Å². The average molecular weight is 390 g/mol. The topological polar surface area (TPSA) is 78.4 Å². The molecule has 0 aliphatic heterocycles. The van der Waals surface area contributed by atoms with Crippen molar-refractivity contribution in [2.24, 2.45) is 0 Å². The molecule has 0 bridgehead atoms. The molecule has 0 saturated carbocycles. The quantitative estimate of drug-likeness (QED) is 0.433. The van der Waals surface area contributed by atoms with Crippen LogP contribution in [0.4, 0.5) is 0 Å². The zero-order valence-corrected chi connectivity index (χ0v) is 16.9. The van der Waals surface area contributed by atoms with Gasteiger partial charge in [0.2, 0.25) is 5.89 Å². The van der Waals surface area contributed by atoms with Gasteiger partial charge in [0.1, 0.15) is 5.58 Å². The molecular formula is C23H22N2O4. The van der Waals surface area contributed by atoms with E-state index in [4.69, 9.17) is 13.6 Å². The van der Waals surface area contributed by atoms with Crippen molar-refractivity contribution < 1.29 is 18.4 Å². The molecule has 0 saturated heterocycles. The van der Waals surface area contributed by atoms with Crippen molar-refractivity contribution in [3.8, 4) is 11.5 Å². The van der Waals surface area contributed by atoms with Crippen LogP contribution in [0.2, 0.25) is 0 Å². The summed E-state index contributed by atoms with van der Waals surface area (Å²) in [7, 11) is 0. The van der Waals surface area contributed by atoms with Crippen LogP contribution in [0.1, 0.15) is 41.2 Å². The van der Waals surface area contributed by atoms with Crippen molar-refractivity contribution in [1.29, 1.82) is 0 Å². The summed E-state index contributed by atoms with van der Waals surface area (Å²) >= 11 is 0. The van der Waals surface area contributed by atoms with Crippen molar-refractivity contribution in [2.75, 3.05) is 0 Å². The lowest BCUT2D eigenvalue weighted by Crippen LogP contribution is -2.11. The molecule has 1 atom stereocenters. The molecule has 0 aliphatic rings. The van der Waals surface area contributed by atoms with Gasteiger partial charge >= 0.3 is 5.97 Å². The number of furan rings is 1. The number of hydrogen-bond donors (Lipinski definition) is 0. The van der Waals surface area contributed by atoms with Crippen molar-refractivity contribution in [3.63, 3.8) is 0 Å². The Kier molecular flexibility index (Phi) is 4.92. The lowest BCUT2D eigenvalue weighted by molar-refractivity contribution is -0.148. The third kappa shape index (κ3) is 3.78. The van der Waals surface area contributed by atoms with Crippen molar-refractivity contribution >= 4 is 16.9 Å². The minimum Gasteiger partial charge on any atom is -0.464 e. The number of carbonyl (C=O) groups excluding carboxylic acids is 1. The second kappa shape index (κ2) is 7.54. The fourth-order valence-corrected chi connectivity index (χ4v) is 3.18. The Hall–Kier alpha value is -3.41. The van der Waals surface area contributed by atoms with Gasteiger partial charge in [-0.25, -0.2) is 0 Å². The van der Waals surface area contributed by atoms with Gasteiger partial charge in [0, 0.05) is 16.5 Å². The zero-order valence-electron chi connectivity index (χ0n) is 16.9. The standard InChI is InChI=1S/C23H22N2O4/c1-13-5-8-17(9-6-13)23-25-24-22(29-23)16(4)28-20(26)11-18-12-27-21-15(3)14(2)7-10-19(18)21/h5-10,12,16H,11H2,1-4H3/t16-/m0/s1. The summed E-state index contributed by atoms with van der Waals surface area (Å²) in [6.07, 6.45) is 1.08. The van der Waals surface area contributed by atoms with Crippen LogP contribution in [0.25, 0.3) is 22.4 Å². The van der Waals surface area contributed by atoms with E-state index in [1.165, 1.54) is 0 Å². The first-order valence-corrected chi connectivity index (χ1v) is 9.48. The Labute approximate surface area is 168 Å². The van der Waals surface area contributed by atoms with Gasteiger partial charge in [0.25, 0.3) is 5.89 Å². The van der Waals surface area contributed by atoms with Crippen molar-refractivity contribution in [2.45, 2.75) is 40.2 Å². The van der Waals surface area contributed by atoms with E-state index in [9.17, 15) is 4.79 Å². The number of esters is 1. The number of nitrogens with zero attached hydrogens (tertiary/aromatic N) is 2. The Morgan fingerprint density at radius 3 is 2.59 bits per heavy atom. The van der Waals surface area contributed by atoms with E-state index in [0.717, 1.165) is 38.8 Å². The number of fused-ring (bicyclic) bond motifs is 1. The molecule has 0 unspecified atom stereocenters. The first-order chi connectivity index (χ1) is 13.9. The van der Waals surface area contributed by atoms with Crippen LogP contribution in [-0.4, -0.2) is 16.2 Å². The third-order valence-corrected chi connectivity index (χ3v) is 5.07. The summed E-state index contributed by atoms with van der Waals surface area (Å²) in [6.45, 7) is 7.76. The van der Waals surface area contributed by atoms with Crippen molar-refractivity contribution in [3.05, 3.63) is 70.8 Å². The molecule has 148 valence electrons. The number of aryl methyl sites for hydroxylation is 3. The highest BCUT2D eigenvalue weighted by atomic mass is 16.6. The van der Waals surface area contributed by atoms with E-state index in [2.05, 4.69) is 10.2 Å². The number of hydrogen-bond acceptors (Lipinski definition) is 6. The van der Waals surface area contributed by atoms with E-state index in [0.29, 0.717) is 5.89 Å². The fourth-order valence-electron chi connectivity index (χ4n) is 3.18. The summed E-state index contributed by atoms with van der Waals surface area (Å²) in [4.78, 5) is 12.5. The van der Waals surface area contributed by atoms with E-state index >= 15 is 0 Å². The number of ether oxygens (including phenoxy) is 1. The van der Waals surface area contributed by atoms with Crippen LogP contribution in [0.5, 0.6) is 0 Å². The van der Waals surface area contributed by atoms with Crippen LogP contribution < -0.4 is 0 Å². The first-order valence-electron chi connectivity index (χ1n) is 9.48. The maximum Gasteiger partial charge on any atom is 0.311 e. The minimum atomic E-state index is -0.642. The van der Waals surface area contributed by atoms with Gasteiger partial charge in [-0.05, 0) is 51.0 Å². The predicted octanol–water partition coefficient (Wildman–Crippen LogP) is 5.25. The van der Waals surface area contributed by atoms with E-state index in [1.807, 2.05) is 57.2 Å². The Morgan fingerprint density at radius 1 is 1.07 bits per heavy atom. The summed E-state index contributed by atoms with van der Waals surface area (Å²) in [5, 5.41) is 9.01. The second-order valence-corrected chi connectivity index (χ2v) is 7.27. The van der Waals surface area contributed by atoms with Crippen molar-refractivity contribution in [1.82, 2.24) is 10.2 Å². The SMILES string of the molecule is Cc1ccc(-c2nnc([C@H](C)OC(=O)Cc3coc4c(C)c(C)ccc34)o2)cc1. The van der Waals surface area contributed by atoms with Crippen LogP contribution in [0, 0.1) is 20.8 Å². The highest BCUT2D eigenvalue weighted by Gasteiger charge is 2.20. The van der Waals surface area contributed by atoms with Gasteiger partial charge < -0.3 is 13.6 Å². The lowest BCUT2D eigenvalue weighted by Gasteiger charge is -2.09. The van der Waals surface area contributed by atoms with Gasteiger partial charge in [-0.1, -0.05) is 29.8 Å². The molecule has 0 amide bonds. The molecule has 2 heterocycles. The summed E-state index contributed by atoms with van der Waals surface area (Å²) in [5.41, 5.74) is 5.79. The van der Waals surface area contributed by atoms with Gasteiger partial charge in [-0.15, -0.1) is 10.2 Å². The molecule has 4 aromatic rings. The number of rotatable bonds is 5. The monoisotopic (exact) mass is 390 g/mol. The first kappa shape index (κ1) is 18.9. The normalized spacial score (nSPS) is 12.3. The molecule has 0 fully saturated rings. The van der Waals surface area contributed by atoms with Gasteiger partial charge in [0.15, 0.2) is 6.10 Å². The number of carbonyl (C=O) groups is 1. The molecule has 29 heavy (non-hydrogen) atoms. The second-order valence-electron chi connectivity index (χ2n) is 7.27. The molecule has 0 spiro atoms. The Bertz CT molecular complexity index is 1170. The van der Waals surface area contributed by atoms with E-state index < -0.39 is 6.10 Å². The zero-order chi connectivity index (χ0) is 20.5. The van der Waals surface area contributed by atoms with Crippen LogP contribution in [0.3, 0.4) is 0 Å². The summed E-state index contributed by atoms with van der Waals surface area (Å²) in [5.74, 6) is 0.278. The fraction of sp³-hybridized carbons (Fsp3) is 0.261. The molecule has 0 aliphatic carbocycles. The summed E-state index contributed by atoms with van der Waals surface area (Å²) in [6, 6.07) is 11.8. The molecule has 0 radical (unpaired) electrons. The predicted molar refractivity (Wildman–Crippen MR) is 108 cm³/mol. The van der Waals surface area contributed by atoms with Crippen LogP contribution in [-0.2, 0) is 16.0 Å². The Morgan fingerprint density at radius 2 is 1.83 bits per heavy atom. The highest BCUT2D eigenvalue weighted by molar-refractivity contribution is 5.88. The largest absolute Gasteiger partial charge is 0.464 e. The van der Waals surface area contributed by atoms with Crippen LogP contribution in [0.15, 0.2) is 51.5 Å². The average Bonchev–Trinajstić information content (AvgIpc) is 3.33. The molecule has 6 nitrogen and oxygen atoms in total.